The van der Waals surface area contributed by atoms with E-state index in [1.54, 1.807) is 13.2 Å². The van der Waals surface area contributed by atoms with E-state index < -0.39 is 11.7 Å². The van der Waals surface area contributed by atoms with Crippen molar-refractivity contribution in [3.8, 4) is 5.75 Å². The summed E-state index contributed by atoms with van der Waals surface area (Å²) in [5.74, 6) is 0.979. The van der Waals surface area contributed by atoms with Gasteiger partial charge in [-0.05, 0) is 55.1 Å². The second kappa shape index (κ2) is 9.98. The lowest BCUT2D eigenvalue weighted by molar-refractivity contribution is -0.137. The number of ether oxygens (including phenoxy) is 1. The predicted molar refractivity (Wildman–Crippen MR) is 109 cm³/mol. The topological polar surface area (TPSA) is 41.6 Å². The van der Waals surface area contributed by atoms with Crippen LogP contribution in [0.2, 0.25) is 0 Å². The summed E-state index contributed by atoms with van der Waals surface area (Å²) in [7, 11) is 1.63. The lowest BCUT2D eigenvalue weighted by atomic mass is 10.1. The van der Waals surface area contributed by atoms with Crippen molar-refractivity contribution >= 4 is 5.91 Å². The first-order valence-electron chi connectivity index (χ1n) is 10.2. The zero-order chi connectivity index (χ0) is 21.6. The number of amides is 1. The summed E-state index contributed by atoms with van der Waals surface area (Å²) < 4.78 is 43.6. The minimum absolute atomic E-state index is 0.171. The molecule has 1 N–H and O–H groups in total. The average molecular weight is 420 g/mol. The molecule has 0 aliphatic carbocycles. The van der Waals surface area contributed by atoms with Gasteiger partial charge < -0.3 is 15.0 Å². The third-order valence-corrected chi connectivity index (χ3v) is 5.49. The van der Waals surface area contributed by atoms with E-state index in [2.05, 4.69) is 5.32 Å². The number of methoxy groups -OCH3 is 1. The monoisotopic (exact) mass is 420 g/mol. The summed E-state index contributed by atoms with van der Waals surface area (Å²) in [6.45, 7) is 1.69. The van der Waals surface area contributed by atoms with Gasteiger partial charge in [0.25, 0.3) is 0 Å². The number of hydrogen-bond donors (Lipinski definition) is 1. The molecule has 0 bridgehead atoms. The fourth-order valence-electron chi connectivity index (χ4n) is 3.80. The minimum atomic E-state index is -4.33. The normalized spacial score (nSPS) is 16.9. The second-order valence-corrected chi connectivity index (χ2v) is 7.54. The van der Waals surface area contributed by atoms with Crippen molar-refractivity contribution in [3.05, 3.63) is 65.2 Å². The van der Waals surface area contributed by atoms with Gasteiger partial charge in [-0.15, -0.1) is 0 Å². The van der Waals surface area contributed by atoms with E-state index in [0.29, 0.717) is 31.6 Å². The molecule has 0 aromatic heterocycles. The van der Waals surface area contributed by atoms with Crippen LogP contribution in [0.15, 0.2) is 48.5 Å². The van der Waals surface area contributed by atoms with Crippen LogP contribution in [-0.2, 0) is 23.9 Å². The minimum Gasteiger partial charge on any atom is -0.497 e. The highest BCUT2D eigenvalue weighted by Gasteiger charge is 2.31. The number of likely N-dealkylation sites (tertiary alicyclic amines) is 1. The highest BCUT2D eigenvalue weighted by atomic mass is 19.4. The molecule has 2 aromatic rings. The lowest BCUT2D eigenvalue weighted by Crippen LogP contribution is -2.36. The highest BCUT2D eigenvalue weighted by molar-refractivity contribution is 5.78. The molecule has 30 heavy (non-hydrogen) atoms. The molecule has 0 radical (unpaired) electrons. The number of alkyl halides is 3. The van der Waals surface area contributed by atoms with Crippen LogP contribution in [0.1, 0.15) is 36.0 Å². The number of nitrogens with one attached hydrogen (secondary N) is 1. The van der Waals surface area contributed by atoms with Crippen molar-refractivity contribution in [1.82, 2.24) is 10.2 Å². The lowest BCUT2D eigenvalue weighted by Gasteiger charge is -2.25. The van der Waals surface area contributed by atoms with E-state index in [-0.39, 0.29) is 11.9 Å². The first-order valence-corrected chi connectivity index (χ1v) is 10.2. The van der Waals surface area contributed by atoms with Gasteiger partial charge in [-0.2, -0.15) is 13.2 Å². The average Bonchev–Trinajstić information content (AvgIpc) is 3.09. The van der Waals surface area contributed by atoms with Crippen LogP contribution in [-0.4, -0.2) is 37.0 Å². The zero-order valence-corrected chi connectivity index (χ0v) is 17.0. The van der Waals surface area contributed by atoms with Crippen LogP contribution in [0.4, 0.5) is 13.2 Å². The number of hydrogen-bond acceptors (Lipinski definition) is 3. The predicted octanol–water partition coefficient (Wildman–Crippen LogP) is 4.43. The Labute approximate surface area is 175 Å². The molecule has 1 atom stereocenters. The maximum absolute atomic E-state index is 12.8. The fourth-order valence-corrected chi connectivity index (χ4v) is 3.80. The molecule has 1 heterocycles. The van der Waals surface area contributed by atoms with Gasteiger partial charge in [-0.3, -0.25) is 4.79 Å². The molecular formula is C23H27F3N2O2. The summed E-state index contributed by atoms with van der Waals surface area (Å²) >= 11 is 0. The molecule has 1 saturated heterocycles. The molecule has 1 aliphatic heterocycles. The van der Waals surface area contributed by atoms with Crippen molar-refractivity contribution in [2.75, 3.05) is 20.2 Å². The molecule has 1 amide bonds. The van der Waals surface area contributed by atoms with E-state index in [4.69, 9.17) is 4.74 Å². The maximum atomic E-state index is 12.8. The summed E-state index contributed by atoms with van der Waals surface area (Å²) in [6.07, 6.45) is -1.38. The van der Waals surface area contributed by atoms with Gasteiger partial charge in [0.15, 0.2) is 0 Å². The molecule has 0 spiro atoms. The van der Waals surface area contributed by atoms with Crippen molar-refractivity contribution in [2.24, 2.45) is 0 Å². The van der Waals surface area contributed by atoms with E-state index in [0.717, 1.165) is 36.6 Å². The Morgan fingerprint density at radius 2 is 1.90 bits per heavy atom. The van der Waals surface area contributed by atoms with Crippen molar-refractivity contribution in [1.29, 1.82) is 0 Å². The van der Waals surface area contributed by atoms with E-state index >= 15 is 0 Å². The quantitative estimate of drug-likeness (QED) is 0.611. The van der Waals surface area contributed by atoms with Crippen LogP contribution in [0.3, 0.4) is 0 Å². The molecule has 1 fully saturated rings. The highest BCUT2D eigenvalue weighted by Crippen LogP contribution is 2.29. The SMILES string of the molecule is COc1ccc(CCN2C(=O)CC[C@@H]2CCNCc2cccc(C(F)(F)F)c2)cc1. The fraction of sp³-hybridized carbons (Fsp3) is 0.435. The Balaban J connectivity index is 1.45. The van der Waals surface area contributed by atoms with Crippen LogP contribution in [0, 0.1) is 0 Å². The first-order chi connectivity index (χ1) is 14.4. The first kappa shape index (κ1) is 22.2. The van der Waals surface area contributed by atoms with Crippen LogP contribution < -0.4 is 10.1 Å². The molecule has 0 saturated carbocycles. The molecule has 4 nitrogen and oxygen atoms in total. The van der Waals surface area contributed by atoms with Gasteiger partial charge in [-0.25, -0.2) is 0 Å². The van der Waals surface area contributed by atoms with Crippen molar-refractivity contribution in [2.45, 2.75) is 44.4 Å². The van der Waals surface area contributed by atoms with E-state index in [1.165, 1.54) is 12.1 Å². The molecular weight excluding hydrogens is 393 g/mol. The number of rotatable bonds is 9. The molecule has 0 unspecified atom stereocenters. The van der Waals surface area contributed by atoms with E-state index in [9.17, 15) is 18.0 Å². The smallest absolute Gasteiger partial charge is 0.416 e. The molecule has 3 rings (SSSR count). The van der Waals surface area contributed by atoms with Gasteiger partial charge in [-0.1, -0.05) is 30.3 Å². The van der Waals surface area contributed by atoms with Gasteiger partial charge in [0.1, 0.15) is 5.75 Å². The van der Waals surface area contributed by atoms with Gasteiger partial charge in [0.05, 0.1) is 12.7 Å². The van der Waals surface area contributed by atoms with Gasteiger partial charge in [0, 0.05) is 25.6 Å². The Hall–Kier alpha value is -2.54. The van der Waals surface area contributed by atoms with Crippen molar-refractivity contribution in [3.63, 3.8) is 0 Å². The number of carbonyl (C=O) groups excluding carboxylic acids is 1. The van der Waals surface area contributed by atoms with Crippen LogP contribution in [0.5, 0.6) is 5.75 Å². The second-order valence-electron chi connectivity index (χ2n) is 7.54. The third kappa shape index (κ3) is 5.98. The Morgan fingerprint density at radius 3 is 2.60 bits per heavy atom. The van der Waals surface area contributed by atoms with Crippen LogP contribution in [0.25, 0.3) is 0 Å². The summed E-state index contributed by atoms with van der Waals surface area (Å²) in [6, 6.07) is 13.4. The Kier molecular flexibility index (Phi) is 7.37. The van der Waals surface area contributed by atoms with Gasteiger partial charge >= 0.3 is 6.18 Å². The molecule has 1 aliphatic rings. The number of halogens is 3. The third-order valence-electron chi connectivity index (χ3n) is 5.49. The number of carbonyl (C=O) groups is 1. The van der Waals surface area contributed by atoms with E-state index in [1.807, 2.05) is 29.2 Å². The Bertz CT molecular complexity index is 837. The maximum Gasteiger partial charge on any atom is 0.416 e. The molecule has 162 valence electrons. The molecule has 7 heteroatoms. The van der Waals surface area contributed by atoms with Crippen molar-refractivity contribution < 1.29 is 22.7 Å². The summed E-state index contributed by atoms with van der Waals surface area (Å²) in [5, 5.41) is 3.21. The number of nitrogens with zero attached hydrogens (tertiary/aromatic N) is 1. The summed E-state index contributed by atoms with van der Waals surface area (Å²) in [5.41, 5.74) is 1.12. The largest absolute Gasteiger partial charge is 0.497 e. The Morgan fingerprint density at radius 1 is 1.13 bits per heavy atom. The zero-order valence-electron chi connectivity index (χ0n) is 17.0. The molecule has 2 aromatic carbocycles. The van der Waals surface area contributed by atoms with Crippen LogP contribution >= 0.6 is 0 Å². The van der Waals surface area contributed by atoms with Gasteiger partial charge in [0.2, 0.25) is 5.91 Å². The summed E-state index contributed by atoms with van der Waals surface area (Å²) in [4.78, 5) is 14.2. The standard InChI is InChI=1S/C23H27F3N2O2/c1-30-21-8-5-17(6-9-21)12-14-28-20(7-10-22(28)29)11-13-27-16-18-3-2-4-19(15-18)23(24,25)26/h2-6,8-9,15,20,27H,7,10-14,16H2,1H3/t20-/m1/s1. The number of benzene rings is 2.